The van der Waals surface area contributed by atoms with E-state index in [0.29, 0.717) is 38.8 Å². The third-order valence-electron chi connectivity index (χ3n) is 7.00. The number of hydrogen-bond acceptors (Lipinski definition) is 5. The molecule has 1 aromatic carbocycles. The SMILES string of the molecule is O=C1CCC(c2ccc(O[C@H]3CC[C@H](C(=O)N4CCC(C(=O)O)CC4)CC3)cc2)C(=O)N1. The fourth-order valence-corrected chi connectivity index (χ4v) is 5.02. The maximum atomic E-state index is 12.8. The quantitative estimate of drug-likeness (QED) is 0.678. The van der Waals surface area contributed by atoms with Crippen LogP contribution in [0.5, 0.6) is 5.75 Å². The summed E-state index contributed by atoms with van der Waals surface area (Å²) < 4.78 is 6.11. The minimum atomic E-state index is -0.764. The zero-order valence-electron chi connectivity index (χ0n) is 18.1. The zero-order chi connectivity index (χ0) is 22.7. The summed E-state index contributed by atoms with van der Waals surface area (Å²) in [5.41, 5.74) is 0.878. The number of aliphatic carboxylic acids is 1. The molecule has 172 valence electrons. The Hall–Kier alpha value is -2.90. The van der Waals surface area contributed by atoms with Crippen molar-refractivity contribution in [3.8, 4) is 5.75 Å². The van der Waals surface area contributed by atoms with E-state index in [1.54, 1.807) is 0 Å². The Bertz CT molecular complexity index is 867. The van der Waals surface area contributed by atoms with Gasteiger partial charge in [-0.2, -0.15) is 0 Å². The number of benzene rings is 1. The predicted molar refractivity (Wildman–Crippen MR) is 115 cm³/mol. The van der Waals surface area contributed by atoms with Gasteiger partial charge in [-0.1, -0.05) is 12.1 Å². The van der Waals surface area contributed by atoms with Crippen molar-refractivity contribution in [3.63, 3.8) is 0 Å². The summed E-state index contributed by atoms with van der Waals surface area (Å²) in [6.45, 7) is 1.07. The van der Waals surface area contributed by atoms with E-state index in [1.807, 2.05) is 29.2 Å². The molecule has 1 saturated carbocycles. The second kappa shape index (κ2) is 9.71. The molecule has 1 unspecified atom stereocenters. The van der Waals surface area contributed by atoms with Gasteiger partial charge in [0.05, 0.1) is 17.9 Å². The second-order valence-electron chi connectivity index (χ2n) is 9.10. The fraction of sp³-hybridized carbons (Fsp3) is 0.583. The minimum Gasteiger partial charge on any atom is -0.490 e. The first-order valence-corrected chi connectivity index (χ1v) is 11.5. The Morgan fingerprint density at radius 3 is 2.16 bits per heavy atom. The molecule has 2 N–H and O–H groups in total. The first kappa shape index (κ1) is 22.3. The molecule has 0 spiro atoms. The van der Waals surface area contributed by atoms with E-state index in [1.165, 1.54) is 0 Å². The van der Waals surface area contributed by atoms with E-state index in [-0.39, 0.29) is 41.6 Å². The summed E-state index contributed by atoms with van der Waals surface area (Å²) in [5.74, 6) is -0.970. The predicted octanol–water partition coefficient (Wildman–Crippen LogP) is 2.47. The number of nitrogens with one attached hydrogen (secondary N) is 1. The van der Waals surface area contributed by atoms with Gasteiger partial charge in [0, 0.05) is 25.4 Å². The summed E-state index contributed by atoms with van der Waals surface area (Å²) in [4.78, 5) is 49.1. The maximum Gasteiger partial charge on any atom is 0.306 e. The van der Waals surface area contributed by atoms with Crippen LogP contribution in [-0.2, 0) is 19.2 Å². The zero-order valence-corrected chi connectivity index (χ0v) is 18.1. The van der Waals surface area contributed by atoms with Gasteiger partial charge in [0.25, 0.3) is 0 Å². The van der Waals surface area contributed by atoms with Crippen molar-refractivity contribution in [2.75, 3.05) is 13.1 Å². The van der Waals surface area contributed by atoms with Gasteiger partial charge in [0.2, 0.25) is 17.7 Å². The number of carboxylic acids is 1. The summed E-state index contributed by atoms with van der Waals surface area (Å²) in [7, 11) is 0. The van der Waals surface area contributed by atoms with E-state index >= 15 is 0 Å². The third-order valence-corrected chi connectivity index (χ3v) is 7.00. The molecule has 2 heterocycles. The van der Waals surface area contributed by atoms with Gasteiger partial charge in [-0.25, -0.2) is 0 Å². The number of ether oxygens (including phenoxy) is 1. The number of carbonyl (C=O) groups excluding carboxylic acids is 3. The smallest absolute Gasteiger partial charge is 0.306 e. The lowest BCUT2D eigenvalue weighted by Crippen LogP contribution is -2.44. The van der Waals surface area contributed by atoms with Gasteiger partial charge < -0.3 is 14.7 Å². The minimum absolute atomic E-state index is 0.00821. The number of likely N-dealkylation sites (tertiary alicyclic amines) is 1. The van der Waals surface area contributed by atoms with Crippen molar-refractivity contribution < 1.29 is 29.0 Å². The Balaban J connectivity index is 1.24. The lowest BCUT2D eigenvalue weighted by atomic mass is 9.85. The highest BCUT2D eigenvalue weighted by molar-refractivity contribution is 6.00. The number of nitrogens with zero attached hydrogens (tertiary/aromatic N) is 1. The Morgan fingerprint density at radius 1 is 0.906 bits per heavy atom. The number of amides is 3. The van der Waals surface area contributed by atoms with Crippen molar-refractivity contribution in [3.05, 3.63) is 29.8 Å². The monoisotopic (exact) mass is 442 g/mol. The van der Waals surface area contributed by atoms with Crippen LogP contribution >= 0.6 is 0 Å². The van der Waals surface area contributed by atoms with Crippen molar-refractivity contribution in [1.82, 2.24) is 10.2 Å². The molecular weight excluding hydrogens is 412 g/mol. The van der Waals surface area contributed by atoms with Crippen molar-refractivity contribution in [2.45, 2.75) is 63.4 Å². The molecule has 1 atom stereocenters. The van der Waals surface area contributed by atoms with E-state index in [0.717, 1.165) is 37.0 Å². The average Bonchev–Trinajstić information content (AvgIpc) is 2.80. The van der Waals surface area contributed by atoms with Crippen LogP contribution in [-0.4, -0.2) is 52.9 Å². The first-order chi connectivity index (χ1) is 15.4. The average molecular weight is 443 g/mol. The number of hydrogen-bond donors (Lipinski definition) is 2. The van der Waals surface area contributed by atoms with Crippen molar-refractivity contribution >= 4 is 23.7 Å². The van der Waals surface area contributed by atoms with E-state index < -0.39 is 5.97 Å². The summed E-state index contributed by atoms with van der Waals surface area (Å²) in [6, 6.07) is 7.49. The Morgan fingerprint density at radius 2 is 1.56 bits per heavy atom. The van der Waals surface area contributed by atoms with Gasteiger partial charge in [-0.15, -0.1) is 0 Å². The maximum absolute atomic E-state index is 12.8. The van der Waals surface area contributed by atoms with E-state index in [2.05, 4.69) is 5.32 Å². The molecule has 3 fully saturated rings. The van der Waals surface area contributed by atoms with Crippen LogP contribution in [0.2, 0.25) is 0 Å². The Kier molecular flexibility index (Phi) is 6.77. The van der Waals surface area contributed by atoms with Crippen LogP contribution in [0.3, 0.4) is 0 Å². The van der Waals surface area contributed by atoms with Gasteiger partial charge in [0.15, 0.2) is 0 Å². The van der Waals surface area contributed by atoms with Gasteiger partial charge >= 0.3 is 5.97 Å². The molecule has 0 radical (unpaired) electrons. The molecule has 0 bridgehead atoms. The molecule has 4 rings (SSSR count). The van der Waals surface area contributed by atoms with Gasteiger partial charge in [-0.05, 0) is 62.6 Å². The highest BCUT2D eigenvalue weighted by atomic mass is 16.5. The number of carboxylic acid groups (broad SMARTS) is 1. The molecule has 2 saturated heterocycles. The summed E-state index contributed by atoms with van der Waals surface area (Å²) in [6.07, 6.45) is 5.16. The number of rotatable bonds is 5. The molecule has 0 aromatic heterocycles. The summed E-state index contributed by atoms with van der Waals surface area (Å²) in [5, 5.41) is 11.5. The van der Waals surface area contributed by atoms with Crippen LogP contribution in [0, 0.1) is 11.8 Å². The van der Waals surface area contributed by atoms with Crippen LogP contribution in [0.25, 0.3) is 0 Å². The van der Waals surface area contributed by atoms with Gasteiger partial charge in [0.1, 0.15) is 5.75 Å². The van der Waals surface area contributed by atoms with Crippen LogP contribution in [0.4, 0.5) is 0 Å². The van der Waals surface area contributed by atoms with Crippen LogP contribution < -0.4 is 10.1 Å². The van der Waals surface area contributed by atoms with E-state index in [4.69, 9.17) is 9.84 Å². The molecule has 32 heavy (non-hydrogen) atoms. The lowest BCUT2D eigenvalue weighted by molar-refractivity contribution is -0.147. The van der Waals surface area contributed by atoms with Crippen molar-refractivity contribution in [2.24, 2.45) is 11.8 Å². The standard InChI is InChI=1S/C24H30N2O6/c27-21-10-9-20(22(28)25-21)15-1-5-18(6-2-15)32-19-7-3-16(4-8-19)23(29)26-13-11-17(12-14-26)24(30)31/h1-2,5-6,16-17,19-20H,3-4,7-14H2,(H,30,31)(H,25,27,28)/t16-,19-,20?. The normalized spacial score (nSPS) is 27.0. The second-order valence-corrected chi connectivity index (χ2v) is 9.10. The lowest BCUT2D eigenvalue weighted by Gasteiger charge is -2.35. The number of piperidine rings is 2. The van der Waals surface area contributed by atoms with Crippen LogP contribution in [0.15, 0.2) is 24.3 Å². The molecule has 1 aliphatic carbocycles. The summed E-state index contributed by atoms with van der Waals surface area (Å²) >= 11 is 0. The topological polar surface area (TPSA) is 113 Å². The first-order valence-electron chi connectivity index (χ1n) is 11.5. The molecule has 3 aliphatic rings. The molecular formula is C24H30N2O6. The molecule has 8 heteroatoms. The Labute approximate surface area is 187 Å². The third kappa shape index (κ3) is 5.11. The molecule has 3 amide bonds. The van der Waals surface area contributed by atoms with E-state index in [9.17, 15) is 19.2 Å². The number of imide groups is 1. The highest BCUT2D eigenvalue weighted by Crippen LogP contribution is 2.31. The molecule has 8 nitrogen and oxygen atoms in total. The van der Waals surface area contributed by atoms with Gasteiger partial charge in [-0.3, -0.25) is 24.5 Å². The largest absolute Gasteiger partial charge is 0.490 e. The molecule has 2 aliphatic heterocycles. The van der Waals surface area contributed by atoms with Crippen molar-refractivity contribution in [1.29, 1.82) is 0 Å². The van der Waals surface area contributed by atoms with Crippen LogP contribution in [0.1, 0.15) is 62.8 Å². The highest BCUT2D eigenvalue weighted by Gasteiger charge is 2.33. The number of carbonyl (C=O) groups is 4. The molecule has 1 aromatic rings. The fourth-order valence-electron chi connectivity index (χ4n) is 5.02.